The lowest BCUT2D eigenvalue weighted by molar-refractivity contribution is 0.0650. The molecule has 1 spiro atoms. The van der Waals surface area contributed by atoms with Gasteiger partial charge in [0.25, 0.3) is 5.91 Å². The molecule has 0 aromatic carbocycles. The van der Waals surface area contributed by atoms with Crippen molar-refractivity contribution in [3.63, 3.8) is 0 Å². The first-order chi connectivity index (χ1) is 11.6. The van der Waals surface area contributed by atoms with Crippen LogP contribution in [0.3, 0.4) is 0 Å². The van der Waals surface area contributed by atoms with E-state index in [1.165, 1.54) is 18.6 Å². The SMILES string of the molecule is CC1(n2cnc(C(=O)N3C[C@@H]4[C@H](C3)[C@@H]4C3=NOC4(CC4)C3)c2)CC1. The number of hydrogen-bond donors (Lipinski definition) is 0. The second kappa shape index (κ2) is 4.03. The van der Waals surface area contributed by atoms with E-state index in [0.29, 0.717) is 23.4 Å². The molecule has 2 aliphatic heterocycles. The number of amides is 1. The third-order valence-corrected chi connectivity index (χ3v) is 6.93. The lowest BCUT2D eigenvalue weighted by atomic mass is 10.0. The summed E-state index contributed by atoms with van der Waals surface area (Å²) >= 11 is 0. The van der Waals surface area contributed by atoms with Gasteiger partial charge in [0.05, 0.1) is 12.0 Å². The topological polar surface area (TPSA) is 59.7 Å². The molecule has 1 aromatic heterocycles. The van der Waals surface area contributed by atoms with Crippen LogP contribution < -0.4 is 0 Å². The van der Waals surface area contributed by atoms with E-state index in [4.69, 9.17) is 4.84 Å². The Morgan fingerprint density at radius 1 is 1.25 bits per heavy atom. The van der Waals surface area contributed by atoms with Crippen molar-refractivity contribution in [1.82, 2.24) is 14.5 Å². The van der Waals surface area contributed by atoms with Gasteiger partial charge in [0.1, 0.15) is 11.3 Å². The van der Waals surface area contributed by atoms with Gasteiger partial charge in [-0.25, -0.2) is 4.98 Å². The number of carbonyl (C=O) groups is 1. The molecule has 0 bridgehead atoms. The normalized spacial score (nSPS) is 36.3. The molecule has 3 atom stereocenters. The van der Waals surface area contributed by atoms with Gasteiger partial charge in [-0.05, 0) is 44.4 Å². The average molecular weight is 326 g/mol. The summed E-state index contributed by atoms with van der Waals surface area (Å²) in [5, 5.41) is 4.36. The molecule has 1 amide bonds. The maximum absolute atomic E-state index is 12.7. The van der Waals surface area contributed by atoms with E-state index >= 15 is 0 Å². The number of rotatable bonds is 3. The number of imidazole rings is 1. The second-order valence-electron chi connectivity index (χ2n) is 8.76. The van der Waals surface area contributed by atoms with Gasteiger partial charge in [-0.15, -0.1) is 0 Å². The quantitative estimate of drug-likeness (QED) is 0.854. The van der Waals surface area contributed by atoms with E-state index in [0.717, 1.165) is 32.4 Å². The number of oxime groups is 1. The van der Waals surface area contributed by atoms with Crippen molar-refractivity contribution in [3.05, 3.63) is 18.2 Å². The Morgan fingerprint density at radius 2 is 2.00 bits per heavy atom. The Morgan fingerprint density at radius 3 is 2.62 bits per heavy atom. The van der Waals surface area contributed by atoms with Crippen LogP contribution in [0.5, 0.6) is 0 Å². The van der Waals surface area contributed by atoms with Crippen molar-refractivity contribution in [2.24, 2.45) is 22.9 Å². The van der Waals surface area contributed by atoms with Crippen molar-refractivity contribution in [2.45, 2.75) is 50.2 Å². The van der Waals surface area contributed by atoms with Gasteiger partial charge in [0, 0.05) is 37.2 Å². The zero-order valence-electron chi connectivity index (χ0n) is 13.9. The summed E-state index contributed by atoms with van der Waals surface area (Å²) in [6.45, 7) is 3.92. The summed E-state index contributed by atoms with van der Waals surface area (Å²) in [7, 11) is 0. The standard InChI is InChI=1S/C18H22N4O2/c1-17(2-3-17)22-9-14(19-10-22)16(23)21-7-11-12(8-21)15(11)13-6-18(4-5-18)24-20-13/h9-12,15H,2-8H2,1H3/t11-,12+,15-. The fourth-order valence-corrected chi connectivity index (χ4v) is 4.65. The van der Waals surface area contributed by atoms with Gasteiger partial charge >= 0.3 is 0 Å². The first-order valence-corrected chi connectivity index (χ1v) is 9.16. The summed E-state index contributed by atoms with van der Waals surface area (Å²) in [6.07, 6.45) is 9.46. The van der Waals surface area contributed by atoms with Crippen molar-refractivity contribution < 1.29 is 9.63 Å². The van der Waals surface area contributed by atoms with Crippen LogP contribution in [0.25, 0.3) is 0 Å². The monoisotopic (exact) mass is 326 g/mol. The summed E-state index contributed by atoms with van der Waals surface area (Å²) in [5.41, 5.74) is 2.15. The molecular weight excluding hydrogens is 304 g/mol. The Kier molecular flexibility index (Phi) is 2.26. The van der Waals surface area contributed by atoms with Crippen LogP contribution in [0.2, 0.25) is 0 Å². The molecular formula is C18H22N4O2. The van der Waals surface area contributed by atoms with Gasteiger partial charge < -0.3 is 14.3 Å². The van der Waals surface area contributed by atoms with E-state index in [1.54, 1.807) is 0 Å². The number of fused-ring (bicyclic) bond motifs is 1. The molecule has 6 heteroatoms. The summed E-state index contributed by atoms with van der Waals surface area (Å²) in [5.74, 6) is 1.84. The zero-order chi connectivity index (χ0) is 16.1. The fourth-order valence-electron chi connectivity index (χ4n) is 4.65. The van der Waals surface area contributed by atoms with Crippen molar-refractivity contribution >= 4 is 11.6 Å². The minimum atomic E-state index is 0.0900. The molecule has 5 aliphatic rings. The van der Waals surface area contributed by atoms with Crippen LogP contribution >= 0.6 is 0 Å². The van der Waals surface area contributed by atoms with Crippen molar-refractivity contribution in [3.8, 4) is 0 Å². The minimum Gasteiger partial charge on any atom is -0.389 e. The van der Waals surface area contributed by atoms with Gasteiger partial charge in [-0.2, -0.15) is 0 Å². The van der Waals surface area contributed by atoms with Gasteiger partial charge in [-0.1, -0.05) is 5.16 Å². The Labute approximate surface area is 140 Å². The summed E-state index contributed by atoms with van der Waals surface area (Å²) in [4.78, 5) is 24.7. The molecule has 0 radical (unpaired) electrons. The number of likely N-dealkylation sites (tertiary alicyclic amines) is 1. The van der Waals surface area contributed by atoms with Crippen LogP contribution in [-0.4, -0.2) is 44.8 Å². The van der Waals surface area contributed by atoms with Crippen molar-refractivity contribution in [2.75, 3.05) is 13.1 Å². The van der Waals surface area contributed by atoms with Crippen molar-refractivity contribution in [1.29, 1.82) is 0 Å². The van der Waals surface area contributed by atoms with Crippen LogP contribution in [0.1, 0.15) is 49.5 Å². The van der Waals surface area contributed by atoms with Crippen LogP contribution in [0.15, 0.2) is 17.7 Å². The fraction of sp³-hybridized carbons (Fsp3) is 0.722. The highest BCUT2D eigenvalue weighted by Crippen LogP contribution is 2.57. The summed E-state index contributed by atoms with van der Waals surface area (Å²) in [6, 6.07) is 0. The minimum absolute atomic E-state index is 0.0900. The van der Waals surface area contributed by atoms with Gasteiger partial charge in [-0.3, -0.25) is 4.79 Å². The molecule has 1 aromatic rings. The molecule has 24 heavy (non-hydrogen) atoms. The molecule has 0 unspecified atom stereocenters. The smallest absolute Gasteiger partial charge is 0.274 e. The highest BCUT2D eigenvalue weighted by Gasteiger charge is 2.62. The molecule has 6 rings (SSSR count). The summed E-state index contributed by atoms with van der Waals surface area (Å²) < 4.78 is 2.11. The highest BCUT2D eigenvalue weighted by molar-refractivity contribution is 5.94. The largest absolute Gasteiger partial charge is 0.389 e. The molecule has 4 fully saturated rings. The Hall–Kier alpha value is -1.85. The average Bonchev–Trinajstić information content (AvgIpc) is 3.47. The number of piperidine rings is 1. The van der Waals surface area contributed by atoms with E-state index in [1.807, 2.05) is 17.4 Å². The first-order valence-electron chi connectivity index (χ1n) is 9.16. The van der Waals surface area contributed by atoms with E-state index in [9.17, 15) is 4.79 Å². The molecule has 1 saturated heterocycles. The van der Waals surface area contributed by atoms with Gasteiger partial charge in [0.2, 0.25) is 0 Å². The number of aromatic nitrogens is 2. The van der Waals surface area contributed by atoms with E-state index < -0.39 is 0 Å². The second-order valence-corrected chi connectivity index (χ2v) is 8.76. The number of nitrogens with zero attached hydrogens (tertiary/aromatic N) is 4. The van der Waals surface area contributed by atoms with Crippen LogP contribution in [-0.2, 0) is 10.4 Å². The first kappa shape index (κ1) is 13.4. The number of carbonyl (C=O) groups excluding carboxylic acids is 1. The maximum atomic E-state index is 12.7. The molecule has 3 aliphatic carbocycles. The number of hydrogen-bond acceptors (Lipinski definition) is 4. The maximum Gasteiger partial charge on any atom is 0.274 e. The molecule has 3 saturated carbocycles. The Balaban J connectivity index is 1.11. The van der Waals surface area contributed by atoms with Crippen LogP contribution in [0, 0.1) is 17.8 Å². The zero-order valence-corrected chi connectivity index (χ0v) is 13.9. The molecule has 0 N–H and O–H groups in total. The van der Waals surface area contributed by atoms with Gasteiger partial charge in [0.15, 0.2) is 0 Å². The lowest BCUT2D eigenvalue weighted by Crippen LogP contribution is -2.32. The lowest BCUT2D eigenvalue weighted by Gasteiger charge is -2.18. The van der Waals surface area contributed by atoms with Crippen LogP contribution in [0.4, 0.5) is 0 Å². The predicted molar refractivity (Wildman–Crippen MR) is 86.6 cm³/mol. The third-order valence-electron chi connectivity index (χ3n) is 6.93. The molecule has 3 heterocycles. The third kappa shape index (κ3) is 1.80. The molecule has 6 nitrogen and oxygen atoms in total. The van der Waals surface area contributed by atoms with E-state index in [-0.39, 0.29) is 17.0 Å². The molecule has 126 valence electrons. The Bertz CT molecular complexity index is 762. The highest BCUT2D eigenvalue weighted by atomic mass is 16.7. The predicted octanol–water partition coefficient (Wildman–Crippen LogP) is 2.02. The van der Waals surface area contributed by atoms with E-state index in [2.05, 4.69) is 21.6 Å².